The van der Waals surface area contributed by atoms with Crippen LogP contribution in [-0.2, 0) is 4.79 Å². The summed E-state index contributed by atoms with van der Waals surface area (Å²) in [6, 6.07) is 0. The number of rotatable bonds is 9. The van der Waals surface area contributed by atoms with Crippen molar-refractivity contribution in [1.82, 2.24) is 0 Å². The first-order valence-corrected chi connectivity index (χ1v) is 15.6. The monoisotopic (exact) mass is 528 g/mol. The molecule has 206 valence electrons. The number of carbonyl (C=O) groups is 1. The third kappa shape index (κ3) is 6.05. The molecule has 0 bridgehead atoms. The van der Waals surface area contributed by atoms with Crippen molar-refractivity contribution in [3.63, 3.8) is 0 Å². The molecule has 0 radical (unpaired) electrons. The molecule has 0 aromatic rings. The highest BCUT2D eigenvalue weighted by molar-refractivity contribution is 8.13. The maximum atomic E-state index is 12.8. The minimum absolute atomic E-state index is 0.178. The predicted molar refractivity (Wildman–Crippen MR) is 153 cm³/mol. The van der Waals surface area contributed by atoms with Gasteiger partial charge in [0.15, 0.2) is 5.12 Å². The fourth-order valence-corrected chi connectivity index (χ4v) is 8.61. The number of aliphatic hydroxyl groups is 3. The molecule has 0 aromatic carbocycles. The zero-order valence-corrected chi connectivity index (χ0v) is 23.9. The third-order valence-electron chi connectivity index (χ3n) is 10.1. The molecular weight excluding hydrogens is 480 g/mol. The van der Waals surface area contributed by atoms with Gasteiger partial charge in [0.1, 0.15) is 0 Å². The Balaban J connectivity index is 1.40. The summed E-state index contributed by atoms with van der Waals surface area (Å²) in [5.41, 5.74) is 2.84. The topological polar surface area (TPSA) is 77.8 Å². The van der Waals surface area contributed by atoms with E-state index in [1.807, 2.05) is 6.08 Å². The van der Waals surface area contributed by atoms with Crippen molar-refractivity contribution in [3.8, 4) is 0 Å². The van der Waals surface area contributed by atoms with Gasteiger partial charge in [-0.1, -0.05) is 81.0 Å². The Morgan fingerprint density at radius 1 is 1.14 bits per heavy atom. The van der Waals surface area contributed by atoms with E-state index in [4.69, 9.17) is 0 Å². The van der Waals surface area contributed by atoms with Gasteiger partial charge in [-0.05, 0) is 93.0 Å². The first-order valence-electron chi connectivity index (χ1n) is 14.6. The molecule has 4 aliphatic rings. The van der Waals surface area contributed by atoms with Crippen LogP contribution in [0.2, 0.25) is 0 Å². The number of fused-ring (bicyclic) bond motifs is 1. The zero-order chi connectivity index (χ0) is 26.8. The summed E-state index contributed by atoms with van der Waals surface area (Å²) in [5, 5.41) is 31.5. The lowest BCUT2D eigenvalue weighted by molar-refractivity contribution is -0.118. The summed E-state index contributed by atoms with van der Waals surface area (Å²) in [7, 11) is 0. The molecule has 0 unspecified atom stereocenters. The molecule has 3 N–H and O–H groups in total. The Labute approximate surface area is 228 Å². The fourth-order valence-electron chi connectivity index (χ4n) is 7.38. The molecule has 4 nitrogen and oxygen atoms in total. The molecule has 0 heterocycles. The first kappa shape index (κ1) is 28.9. The average Bonchev–Trinajstić information content (AvgIpc) is 3.60. The number of hydrogen-bond donors (Lipinski definition) is 3. The standard InChI is InChI=1S/C32H48O4S/c1-5-6-18-37-30(36)32(16-17-32)29(35)14-9-21(2)25-12-13-26-24(8-7-15-31(25,26)4)11-10-23-19-27(33)22(3)28(34)20-23/h9-11,14,21,25-29,33-35H,3,5-8,12-13,15-20H2,1-2,4H3/t21-,25+,26-,27+,28+,29+,31+/m0/s1. The van der Waals surface area contributed by atoms with E-state index in [2.05, 4.69) is 45.6 Å². The lowest BCUT2D eigenvalue weighted by atomic mass is 9.61. The summed E-state index contributed by atoms with van der Waals surface area (Å²) in [6.45, 7) is 10.7. The van der Waals surface area contributed by atoms with E-state index < -0.39 is 23.7 Å². The van der Waals surface area contributed by atoms with E-state index >= 15 is 0 Å². The van der Waals surface area contributed by atoms with E-state index in [-0.39, 0.29) is 10.5 Å². The van der Waals surface area contributed by atoms with Crippen LogP contribution >= 0.6 is 11.8 Å². The first-order chi connectivity index (χ1) is 17.6. The highest BCUT2D eigenvalue weighted by Gasteiger charge is 2.54. The summed E-state index contributed by atoms with van der Waals surface area (Å²) in [6.07, 6.45) is 17.4. The van der Waals surface area contributed by atoms with Gasteiger partial charge in [-0.3, -0.25) is 4.79 Å². The van der Waals surface area contributed by atoms with Crippen LogP contribution in [0.25, 0.3) is 0 Å². The number of unbranched alkanes of at least 4 members (excludes halogenated alkanes) is 1. The van der Waals surface area contributed by atoms with E-state index in [1.54, 1.807) is 0 Å². The van der Waals surface area contributed by atoms with E-state index in [0.717, 1.165) is 43.4 Å². The average molecular weight is 529 g/mol. The van der Waals surface area contributed by atoms with Gasteiger partial charge in [-0.25, -0.2) is 0 Å². The molecular formula is C32H48O4S. The number of thioether (sulfide) groups is 1. The van der Waals surface area contributed by atoms with Crippen molar-refractivity contribution < 1.29 is 20.1 Å². The minimum atomic E-state index is -0.674. The van der Waals surface area contributed by atoms with Crippen molar-refractivity contribution >= 4 is 16.9 Å². The van der Waals surface area contributed by atoms with Crippen molar-refractivity contribution in [3.05, 3.63) is 47.6 Å². The van der Waals surface area contributed by atoms with Crippen molar-refractivity contribution in [2.75, 3.05) is 5.75 Å². The van der Waals surface area contributed by atoms with Crippen LogP contribution in [0, 0.1) is 28.6 Å². The minimum Gasteiger partial charge on any atom is -0.388 e. The Morgan fingerprint density at radius 3 is 2.49 bits per heavy atom. The van der Waals surface area contributed by atoms with Gasteiger partial charge in [0.2, 0.25) is 0 Å². The molecule has 5 heteroatoms. The lowest BCUT2D eigenvalue weighted by Crippen LogP contribution is -2.35. The maximum Gasteiger partial charge on any atom is 0.198 e. The maximum absolute atomic E-state index is 12.8. The molecule has 4 aliphatic carbocycles. The Bertz CT molecular complexity index is 928. The van der Waals surface area contributed by atoms with Gasteiger partial charge in [0.25, 0.3) is 0 Å². The van der Waals surface area contributed by atoms with Gasteiger partial charge in [0.05, 0.1) is 23.7 Å². The van der Waals surface area contributed by atoms with Crippen LogP contribution in [0.1, 0.15) is 91.4 Å². The SMILES string of the molecule is C=C1[C@H](O)CC(=CC=C2CCC[C@]3(C)[C@@H]([C@@H](C)C=C[C@@H](O)C4(C(=O)SCCCC)CC4)CC[C@@H]23)C[C@H]1O. The normalized spacial score (nSPS) is 36.0. The van der Waals surface area contributed by atoms with Gasteiger partial charge >= 0.3 is 0 Å². The number of allylic oxidation sites excluding steroid dienone is 4. The zero-order valence-electron chi connectivity index (χ0n) is 23.1. The summed E-state index contributed by atoms with van der Waals surface area (Å²) < 4.78 is 0. The lowest BCUT2D eigenvalue weighted by Gasteiger charge is -2.44. The molecule has 0 amide bonds. The molecule has 37 heavy (non-hydrogen) atoms. The van der Waals surface area contributed by atoms with Crippen LogP contribution < -0.4 is 0 Å². The van der Waals surface area contributed by atoms with Gasteiger partial charge in [-0.15, -0.1) is 0 Å². The molecule has 0 aromatic heterocycles. The molecule has 4 fully saturated rings. The number of hydrogen-bond acceptors (Lipinski definition) is 5. The quantitative estimate of drug-likeness (QED) is 0.235. The Morgan fingerprint density at radius 2 is 1.84 bits per heavy atom. The summed E-state index contributed by atoms with van der Waals surface area (Å²) in [5.74, 6) is 2.33. The van der Waals surface area contributed by atoms with Crippen molar-refractivity contribution in [2.24, 2.45) is 28.6 Å². The van der Waals surface area contributed by atoms with Crippen LogP contribution in [0.4, 0.5) is 0 Å². The Hall–Kier alpha value is -1.14. The second-order valence-electron chi connectivity index (χ2n) is 12.5. The van der Waals surface area contributed by atoms with Gasteiger partial charge in [-0.2, -0.15) is 0 Å². The van der Waals surface area contributed by atoms with E-state index in [9.17, 15) is 20.1 Å². The second kappa shape index (κ2) is 11.9. The number of aliphatic hydroxyl groups excluding tert-OH is 3. The summed E-state index contributed by atoms with van der Waals surface area (Å²) in [4.78, 5) is 12.8. The van der Waals surface area contributed by atoms with E-state index in [1.165, 1.54) is 43.0 Å². The van der Waals surface area contributed by atoms with Gasteiger partial charge in [0, 0.05) is 5.75 Å². The molecule has 4 rings (SSSR count). The van der Waals surface area contributed by atoms with Crippen LogP contribution in [0.5, 0.6) is 0 Å². The third-order valence-corrected chi connectivity index (χ3v) is 11.2. The van der Waals surface area contributed by atoms with Crippen molar-refractivity contribution in [2.45, 2.75) is 110 Å². The van der Waals surface area contributed by atoms with Crippen LogP contribution in [0.3, 0.4) is 0 Å². The van der Waals surface area contributed by atoms with Crippen LogP contribution in [-0.4, -0.2) is 44.5 Å². The smallest absolute Gasteiger partial charge is 0.198 e. The predicted octanol–water partition coefficient (Wildman–Crippen LogP) is 6.52. The Kier molecular flexibility index (Phi) is 9.31. The largest absolute Gasteiger partial charge is 0.388 e. The summed E-state index contributed by atoms with van der Waals surface area (Å²) >= 11 is 1.41. The molecule has 7 atom stereocenters. The highest BCUT2D eigenvalue weighted by Crippen LogP contribution is 2.60. The number of carbonyl (C=O) groups excluding carboxylic acids is 1. The second-order valence-corrected chi connectivity index (χ2v) is 13.6. The highest BCUT2D eigenvalue weighted by atomic mass is 32.2. The fraction of sp³-hybridized carbons (Fsp3) is 0.719. The van der Waals surface area contributed by atoms with Gasteiger partial charge < -0.3 is 15.3 Å². The molecule has 0 saturated heterocycles. The molecule has 0 aliphatic heterocycles. The van der Waals surface area contributed by atoms with E-state index in [0.29, 0.717) is 36.2 Å². The van der Waals surface area contributed by atoms with Crippen LogP contribution in [0.15, 0.2) is 47.6 Å². The molecule has 0 spiro atoms. The van der Waals surface area contributed by atoms with Crippen molar-refractivity contribution in [1.29, 1.82) is 0 Å². The molecule has 4 saturated carbocycles.